The van der Waals surface area contributed by atoms with Crippen LogP contribution >= 0.6 is 0 Å². The maximum Gasteiger partial charge on any atom is 0.276 e. The van der Waals surface area contributed by atoms with Crippen molar-refractivity contribution in [3.05, 3.63) is 72.8 Å². The van der Waals surface area contributed by atoms with E-state index in [9.17, 15) is 8.42 Å². The Balaban J connectivity index is 1.65. The highest BCUT2D eigenvalue weighted by molar-refractivity contribution is 7.89. The van der Waals surface area contributed by atoms with Gasteiger partial charge in [-0.3, -0.25) is 0 Å². The van der Waals surface area contributed by atoms with Gasteiger partial charge in [0.15, 0.2) is 0 Å². The second kappa shape index (κ2) is 7.83. The number of hydrogen-bond donors (Lipinski definition) is 1. The predicted octanol–water partition coefficient (Wildman–Crippen LogP) is 2.58. The van der Waals surface area contributed by atoms with Gasteiger partial charge in [-0.05, 0) is 48.9 Å². The lowest BCUT2D eigenvalue weighted by atomic mass is 10.2. The van der Waals surface area contributed by atoms with Crippen molar-refractivity contribution in [3.63, 3.8) is 0 Å². The van der Waals surface area contributed by atoms with Gasteiger partial charge in [-0.1, -0.05) is 12.1 Å². The second-order valence-corrected chi connectivity index (χ2v) is 6.98. The maximum atomic E-state index is 12.2. The average Bonchev–Trinajstić information content (AvgIpc) is 3.18. The SMILES string of the molecule is CCOc1ccc(S(=O)(=O)N/N=C/c2ccc(-n3ccnc3)cc2)cc1. The molecule has 0 saturated carbocycles. The molecule has 1 N–H and O–H groups in total. The Morgan fingerprint density at radius 2 is 1.88 bits per heavy atom. The minimum absolute atomic E-state index is 0.119. The number of hydrazone groups is 1. The van der Waals surface area contributed by atoms with Gasteiger partial charge in [0.1, 0.15) is 5.75 Å². The molecular weight excluding hydrogens is 352 g/mol. The zero-order valence-corrected chi connectivity index (χ0v) is 14.9. The van der Waals surface area contributed by atoms with Crippen molar-refractivity contribution < 1.29 is 13.2 Å². The molecule has 134 valence electrons. The van der Waals surface area contributed by atoms with E-state index in [1.54, 1.807) is 24.7 Å². The molecule has 8 heteroatoms. The Kier molecular flexibility index (Phi) is 5.33. The molecule has 0 unspecified atom stereocenters. The van der Waals surface area contributed by atoms with Crippen molar-refractivity contribution >= 4 is 16.2 Å². The Hall–Kier alpha value is -3.13. The number of sulfonamides is 1. The zero-order chi connectivity index (χ0) is 18.4. The van der Waals surface area contributed by atoms with Crippen molar-refractivity contribution in [1.29, 1.82) is 0 Å². The number of aromatic nitrogens is 2. The van der Waals surface area contributed by atoms with Crippen molar-refractivity contribution in [2.75, 3.05) is 6.61 Å². The monoisotopic (exact) mass is 370 g/mol. The van der Waals surface area contributed by atoms with E-state index in [-0.39, 0.29) is 4.90 Å². The van der Waals surface area contributed by atoms with E-state index in [4.69, 9.17) is 4.74 Å². The van der Waals surface area contributed by atoms with Gasteiger partial charge in [0.2, 0.25) is 0 Å². The molecular formula is C18H18N4O3S. The molecule has 2 aromatic carbocycles. The molecule has 0 spiro atoms. The lowest BCUT2D eigenvalue weighted by Crippen LogP contribution is -2.18. The largest absolute Gasteiger partial charge is 0.494 e. The van der Waals surface area contributed by atoms with E-state index in [0.717, 1.165) is 11.3 Å². The van der Waals surface area contributed by atoms with Crippen LogP contribution in [-0.2, 0) is 10.0 Å². The molecule has 0 aliphatic carbocycles. The van der Waals surface area contributed by atoms with Crippen LogP contribution in [0.1, 0.15) is 12.5 Å². The fourth-order valence-electron chi connectivity index (χ4n) is 2.25. The summed E-state index contributed by atoms with van der Waals surface area (Å²) in [4.78, 5) is 6.32. The summed E-state index contributed by atoms with van der Waals surface area (Å²) in [5, 5.41) is 3.83. The summed E-state index contributed by atoms with van der Waals surface area (Å²) in [6, 6.07) is 13.6. The van der Waals surface area contributed by atoms with Crippen molar-refractivity contribution in [2.24, 2.45) is 5.10 Å². The highest BCUT2D eigenvalue weighted by Gasteiger charge is 2.12. The van der Waals surface area contributed by atoms with Crippen LogP contribution in [0.4, 0.5) is 0 Å². The second-order valence-electron chi connectivity index (χ2n) is 5.32. The first kappa shape index (κ1) is 17.7. The van der Waals surface area contributed by atoms with Crippen LogP contribution in [0.3, 0.4) is 0 Å². The first-order valence-corrected chi connectivity index (χ1v) is 9.43. The summed E-state index contributed by atoms with van der Waals surface area (Å²) in [6.07, 6.45) is 6.69. The van der Waals surface area contributed by atoms with Gasteiger partial charge >= 0.3 is 0 Å². The molecule has 0 fully saturated rings. The molecule has 26 heavy (non-hydrogen) atoms. The number of imidazole rings is 1. The molecule has 0 aliphatic rings. The van der Waals surface area contributed by atoms with E-state index in [1.807, 2.05) is 42.0 Å². The van der Waals surface area contributed by atoms with Crippen molar-refractivity contribution in [1.82, 2.24) is 14.4 Å². The molecule has 3 aromatic rings. The predicted molar refractivity (Wildman–Crippen MR) is 99.1 cm³/mol. The third-order valence-electron chi connectivity index (χ3n) is 3.53. The Morgan fingerprint density at radius 3 is 2.50 bits per heavy atom. The first-order chi connectivity index (χ1) is 12.6. The van der Waals surface area contributed by atoms with Gasteiger partial charge in [0.05, 0.1) is 24.0 Å². The molecule has 1 heterocycles. The number of ether oxygens (including phenoxy) is 1. The van der Waals surface area contributed by atoms with Gasteiger partial charge in [0.25, 0.3) is 10.0 Å². The molecule has 0 radical (unpaired) electrons. The molecule has 0 saturated heterocycles. The summed E-state index contributed by atoms with van der Waals surface area (Å²) in [7, 11) is -3.72. The lowest BCUT2D eigenvalue weighted by Gasteiger charge is -2.06. The van der Waals surface area contributed by atoms with Crippen molar-refractivity contribution in [3.8, 4) is 11.4 Å². The molecule has 0 amide bonds. The minimum Gasteiger partial charge on any atom is -0.494 e. The summed E-state index contributed by atoms with van der Waals surface area (Å²) in [6.45, 7) is 2.39. The fourth-order valence-corrected chi connectivity index (χ4v) is 3.04. The Morgan fingerprint density at radius 1 is 1.15 bits per heavy atom. The minimum atomic E-state index is -3.72. The lowest BCUT2D eigenvalue weighted by molar-refractivity contribution is 0.340. The van der Waals surface area contributed by atoms with E-state index in [2.05, 4.69) is 14.9 Å². The Bertz CT molecular complexity index is 964. The smallest absolute Gasteiger partial charge is 0.276 e. The van der Waals surface area contributed by atoms with Crippen LogP contribution in [0.25, 0.3) is 5.69 Å². The number of benzene rings is 2. The van der Waals surface area contributed by atoms with Gasteiger partial charge in [-0.2, -0.15) is 13.5 Å². The van der Waals surface area contributed by atoms with Crippen LogP contribution in [-0.4, -0.2) is 30.8 Å². The van der Waals surface area contributed by atoms with Gasteiger partial charge in [-0.25, -0.2) is 9.82 Å². The van der Waals surface area contributed by atoms with Crippen molar-refractivity contribution in [2.45, 2.75) is 11.8 Å². The van der Waals surface area contributed by atoms with Gasteiger partial charge in [-0.15, -0.1) is 0 Å². The standard InChI is InChI=1S/C18H18N4O3S/c1-2-25-17-7-9-18(10-8-17)26(23,24)21-20-13-15-3-5-16(6-4-15)22-12-11-19-14-22/h3-14,21H,2H2,1H3/b20-13+. The number of nitrogens with one attached hydrogen (secondary N) is 1. The molecule has 0 bridgehead atoms. The van der Waals surface area contributed by atoms with Gasteiger partial charge < -0.3 is 9.30 Å². The van der Waals surface area contributed by atoms with Crippen LogP contribution < -0.4 is 9.57 Å². The highest BCUT2D eigenvalue weighted by atomic mass is 32.2. The van der Waals surface area contributed by atoms with E-state index in [0.29, 0.717) is 12.4 Å². The van der Waals surface area contributed by atoms with E-state index < -0.39 is 10.0 Å². The third kappa shape index (κ3) is 4.28. The van der Waals surface area contributed by atoms with Crippen LogP contribution in [0.2, 0.25) is 0 Å². The fraction of sp³-hybridized carbons (Fsp3) is 0.111. The number of nitrogens with zero attached hydrogens (tertiary/aromatic N) is 3. The zero-order valence-electron chi connectivity index (χ0n) is 14.1. The molecule has 1 aromatic heterocycles. The number of hydrogen-bond acceptors (Lipinski definition) is 5. The third-order valence-corrected chi connectivity index (χ3v) is 4.77. The van der Waals surface area contributed by atoms with Crippen LogP contribution in [0.15, 0.2) is 77.2 Å². The summed E-state index contributed by atoms with van der Waals surface area (Å²) in [5.74, 6) is 0.618. The number of rotatable bonds is 7. The van der Waals surface area contributed by atoms with E-state index in [1.165, 1.54) is 18.3 Å². The average molecular weight is 370 g/mol. The molecule has 0 atom stereocenters. The quantitative estimate of drug-likeness (QED) is 0.512. The van der Waals surface area contributed by atoms with Crippen LogP contribution in [0, 0.1) is 0 Å². The summed E-state index contributed by atoms with van der Waals surface area (Å²) in [5.41, 5.74) is 1.72. The molecule has 0 aliphatic heterocycles. The topological polar surface area (TPSA) is 85.6 Å². The summed E-state index contributed by atoms with van der Waals surface area (Å²) >= 11 is 0. The Labute approximate surface area is 152 Å². The van der Waals surface area contributed by atoms with E-state index >= 15 is 0 Å². The molecule has 7 nitrogen and oxygen atoms in total. The summed E-state index contributed by atoms with van der Waals surface area (Å²) < 4.78 is 31.6. The molecule has 3 rings (SSSR count). The highest BCUT2D eigenvalue weighted by Crippen LogP contribution is 2.15. The maximum absolute atomic E-state index is 12.2. The first-order valence-electron chi connectivity index (χ1n) is 7.94. The van der Waals surface area contributed by atoms with Gasteiger partial charge in [0, 0.05) is 18.1 Å². The normalized spacial score (nSPS) is 11.6. The van der Waals surface area contributed by atoms with Crippen LogP contribution in [0.5, 0.6) is 5.75 Å².